The van der Waals surface area contributed by atoms with Gasteiger partial charge in [0, 0.05) is 24.3 Å². The average Bonchev–Trinajstić information content (AvgIpc) is 2.60. The predicted octanol–water partition coefficient (Wildman–Crippen LogP) is 2.73. The summed E-state index contributed by atoms with van der Waals surface area (Å²) in [5.41, 5.74) is 3.55. The zero-order valence-electron chi connectivity index (χ0n) is 14.1. The van der Waals surface area contributed by atoms with Crippen LogP contribution in [0.4, 0.5) is 5.69 Å². The van der Waals surface area contributed by atoms with Crippen molar-refractivity contribution in [2.24, 2.45) is 0 Å². The molecule has 128 valence electrons. The van der Waals surface area contributed by atoms with Gasteiger partial charge >= 0.3 is 0 Å². The molecule has 0 radical (unpaired) electrons. The van der Waals surface area contributed by atoms with Crippen LogP contribution in [0.1, 0.15) is 28.4 Å². The maximum absolute atomic E-state index is 12.1. The number of amides is 1. The maximum atomic E-state index is 12.1. The molecule has 5 nitrogen and oxygen atoms in total. The molecule has 2 aromatic carbocycles. The van der Waals surface area contributed by atoms with Crippen molar-refractivity contribution in [3.8, 4) is 5.75 Å². The van der Waals surface area contributed by atoms with Crippen LogP contribution >= 0.6 is 0 Å². The zero-order chi connectivity index (χ0) is 17.4. The lowest BCUT2D eigenvalue weighted by Gasteiger charge is -2.13. The summed E-state index contributed by atoms with van der Waals surface area (Å²) in [6.07, 6.45) is 0. The molecule has 0 unspecified atom stereocenters. The van der Waals surface area contributed by atoms with Gasteiger partial charge in [0.15, 0.2) is 0 Å². The van der Waals surface area contributed by atoms with Crippen molar-refractivity contribution in [3.05, 3.63) is 59.2 Å². The second kappa shape index (κ2) is 8.93. The van der Waals surface area contributed by atoms with Gasteiger partial charge in [-0.15, -0.1) is 0 Å². The first-order chi connectivity index (χ1) is 11.7. The Morgan fingerprint density at radius 2 is 1.92 bits per heavy atom. The summed E-state index contributed by atoms with van der Waals surface area (Å²) in [6.45, 7) is 5.37. The van der Waals surface area contributed by atoms with E-state index in [1.54, 1.807) is 6.07 Å². The lowest BCUT2D eigenvalue weighted by atomic mass is 10.1. The van der Waals surface area contributed by atoms with Gasteiger partial charge in [0.05, 0.1) is 13.2 Å². The van der Waals surface area contributed by atoms with E-state index in [1.807, 2.05) is 50.2 Å². The van der Waals surface area contributed by atoms with E-state index in [9.17, 15) is 4.79 Å². The van der Waals surface area contributed by atoms with E-state index in [0.29, 0.717) is 18.7 Å². The lowest BCUT2D eigenvalue weighted by molar-refractivity contribution is 0.0944. The van der Waals surface area contributed by atoms with E-state index in [4.69, 9.17) is 9.84 Å². The number of benzene rings is 2. The van der Waals surface area contributed by atoms with Gasteiger partial charge in [-0.3, -0.25) is 4.79 Å². The smallest absolute Gasteiger partial charge is 0.251 e. The van der Waals surface area contributed by atoms with Crippen molar-refractivity contribution in [2.45, 2.75) is 20.4 Å². The molecule has 0 aliphatic carbocycles. The summed E-state index contributed by atoms with van der Waals surface area (Å²) < 4.78 is 5.43. The molecule has 2 rings (SSSR count). The van der Waals surface area contributed by atoms with Gasteiger partial charge in [0.1, 0.15) is 5.75 Å². The number of hydrogen-bond donors (Lipinski definition) is 3. The van der Waals surface area contributed by atoms with Gasteiger partial charge in [-0.2, -0.15) is 0 Å². The highest BCUT2D eigenvalue weighted by Crippen LogP contribution is 2.20. The molecule has 1 amide bonds. The van der Waals surface area contributed by atoms with E-state index in [-0.39, 0.29) is 19.1 Å². The lowest BCUT2D eigenvalue weighted by Crippen LogP contribution is -2.27. The van der Waals surface area contributed by atoms with Crippen molar-refractivity contribution in [1.29, 1.82) is 0 Å². The van der Waals surface area contributed by atoms with Crippen LogP contribution in [0, 0.1) is 6.92 Å². The van der Waals surface area contributed by atoms with Crippen molar-refractivity contribution >= 4 is 11.6 Å². The first-order valence-electron chi connectivity index (χ1n) is 8.10. The van der Waals surface area contributed by atoms with E-state index >= 15 is 0 Å². The van der Waals surface area contributed by atoms with Crippen molar-refractivity contribution < 1.29 is 14.6 Å². The largest absolute Gasteiger partial charge is 0.494 e. The third-order valence-electron chi connectivity index (χ3n) is 3.69. The molecule has 0 aromatic heterocycles. The molecule has 0 spiro atoms. The fourth-order valence-electron chi connectivity index (χ4n) is 2.41. The summed E-state index contributed by atoms with van der Waals surface area (Å²) in [4.78, 5) is 12.1. The van der Waals surface area contributed by atoms with Crippen LogP contribution in [0.25, 0.3) is 0 Å². The number of aliphatic hydroxyl groups is 1. The highest BCUT2D eigenvalue weighted by molar-refractivity contribution is 5.97. The SMILES string of the molecule is CCOc1ccc(CNc2cccc(C(=O)NCCO)c2C)cc1. The summed E-state index contributed by atoms with van der Waals surface area (Å²) in [5, 5.41) is 14.9. The Morgan fingerprint density at radius 1 is 1.17 bits per heavy atom. The first-order valence-corrected chi connectivity index (χ1v) is 8.10. The van der Waals surface area contributed by atoms with Gasteiger partial charge in [-0.25, -0.2) is 0 Å². The van der Waals surface area contributed by atoms with Crippen LogP contribution in [-0.2, 0) is 6.54 Å². The summed E-state index contributed by atoms with van der Waals surface area (Å²) in [6, 6.07) is 13.5. The fourth-order valence-corrected chi connectivity index (χ4v) is 2.41. The predicted molar refractivity (Wildman–Crippen MR) is 95.5 cm³/mol. The molecule has 0 aliphatic heterocycles. The number of anilines is 1. The van der Waals surface area contributed by atoms with Gasteiger partial charge < -0.3 is 20.5 Å². The van der Waals surface area contributed by atoms with Crippen LogP contribution < -0.4 is 15.4 Å². The van der Waals surface area contributed by atoms with E-state index in [1.165, 1.54) is 0 Å². The van der Waals surface area contributed by atoms with Crippen molar-refractivity contribution in [3.63, 3.8) is 0 Å². The number of hydrogen-bond acceptors (Lipinski definition) is 4. The molecule has 0 aliphatic rings. The van der Waals surface area contributed by atoms with Crippen molar-refractivity contribution in [2.75, 3.05) is 25.1 Å². The number of carbonyl (C=O) groups is 1. The molecule has 0 saturated carbocycles. The van der Waals surface area contributed by atoms with Crippen LogP contribution in [0.5, 0.6) is 5.75 Å². The third-order valence-corrected chi connectivity index (χ3v) is 3.69. The minimum Gasteiger partial charge on any atom is -0.494 e. The van der Waals surface area contributed by atoms with Gasteiger partial charge in [0.25, 0.3) is 5.91 Å². The number of nitrogens with one attached hydrogen (secondary N) is 2. The Bertz CT molecular complexity index is 669. The Morgan fingerprint density at radius 3 is 2.58 bits per heavy atom. The van der Waals surface area contributed by atoms with Gasteiger partial charge in [-0.1, -0.05) is 18.2 Å². The number of rotatable bonds is 8. The Kier molecular flexibility index (Phi) is 6.63. The topological polar surface area (TPSA) is 70.6 Å². The van der Waals surface area contributed by atoms with Gasteiger partial charge in [-0.05, 0) is 49.2 Å². The zero-order valence-corrected chi connectivity index (χ0v) is 14.1. The molecule has 0 heterocycles. The van der Waals surface area contributed by atoms with E-state index in [2.05, 4.69) is 10.6 Å². The molecule has 3 N–H and O–H groups in total. The molecule has 0 fully saturated rings. The molecule has 0 bridgehead atoms. The molecular weight excluding hydrogens is 304 g/mol. The highest BCUT2D eigenvalue weighted by Gasteiger charge is 2.11. The first kappa shape index (κ1) is 17.8. The molecule has 24 heavy (non-hydrogen) atoms. The quantitative estimate of drug-likeness (QED) is 0.697. The standard InChI is InChI=1S/C19H24N2O3/c1-3-24-16-9-7-15(8-10-16)13-21-18-6-4-5-17(14(18)2)19(23)20-11-12-22/h4-10,21-22H,3,11-13H2,1-2H3,(H,20,23). The van der Waals surface area contributed by atoms with Gasteiger partial charge in [0.2, 0.25) is 0 Å². The molecule has 5 heteroatoms. The van der Waals surface area contributed by atoms with Crippen LogP contribution in [0.2, 0.25) is 0 Å². The molecule has 2 aromatic rings. The van der Waals surface area contributed by atoms with E-state index < -0.39 is 0 Å². The Balaban J connectivity index is 2.03. The summed E-state index contributed by atoms with van der Waals surface area (Å²) >= 11 is 0. The molecule has 0 atom stereocenters. The fraction of sp³-hybridized carbons (Fsp3) is 0.316. The normalized spacial score (nSPS) is 10.3. The van der Waals surface area contributed by atoms with E-state index in [0.717, 1.165) is 22.6 Å². The molecule has 0 saturated heterocycles. The Labute approximate surface area is 142 Å². The summed E-state index contributed by atoms with van der Waals surface area (Å²) in [7, 11) is 0. The second-order valence-corrected chi connectivity index (χ2v) is 5.39. The van der Waals surface area contributed by atoms with Crippen LogP contribution in [0.3, 0.4) is 0 Å². The average molecular weight is 328 g/mol. The summed E-state index contributed by atoms with van der Waals surface area (Å²) in [5.74, 6) is 0.686. The van der Waals surface area contributed by atoms with Crippen molar-refractivity contribution in [1.82, 2.24) is 5.32 Å². The monoisotopic (exact) mass is 328 g/mol. The van der Waals surface area contributed by atoms with Crippen LogP contribution in [-0.4, -0.2) is 30.8 Å². The minimum atomic E-state index is -0.175. The minimum absolute atomic E-state index is 0.0690. The van der Waals surface area contributed by atoms with Crippen LogP contribution in [0.15, 0.2) is 42.5 Å². The number of ether oxygens (including phenoxy) is 1. The number of aliphatic hydroxyl groups excluding tert-OH is 1. The maximum Gasteiger partial charge on any atom is 0.251 e. The third kappa shape index (κ3) is 4.73. The Hall–Kier alpha value is -2.53. The molecular formula is C19H24N2O3. The number of carbonyl (C=O) groups excluding carboxylic acids is 1. The second-order valence-electron chi connectivity index (χ2n) is 5.39. The highest BCUT2D eigenvalue weighted by atomic mass is 16.5.